The zero-order chi connectivity index (χ0) is 19.8. The van der Waals surface area contributed by atoms with Gasteiger partial charge in [0, 0.05) is 48.6 Å². The number of methoxy groups -OCH3 is 1. The first kappa shape index (κ1) is 19.5. The van der Waals surface area contributed by atoms with Crippen LogP contribution in [0.5, 0.6) is 0 Å². The Morgan fingerprint density at radius 3 is 2.71 bits per heavy atom. The number of ether oxygens (including phenoxy) is 1. The van der Waals surface area contributed by atoms with Crippen LogP contribution in [0.2, 0.25) is 0 Å². The van der Waals surface area contributed by atoms with E-state index in [-0.39, 0.29) is 12.1 Å². The van der Waals surface area contributed by atoms with Crippen molar-refractivity contribution in [2.24, 2.45) is 4.99 Å². The van der Waals surface area contributed by atoms with Crippen molar-refractivity contribution in [3.8, 4) is 0 Å². The fraction of sp³-hybridized carbons (Fsp3) is 0.545. The molecule has 0 bridgehead atoms. The van der Waals surface area contributed by atoms with Crippen LogP contribution in [-0.2, 0) is 11.3 Å². The topological polar surface area (TPSA) is 42.6 Å². The monoisotopic (exact) mass is 398 g/mol. The van der Waals surface area contributed by atoms with Gasteiger partial charge in [-0.15, -0.1) is 0 Å². The molecule has 2 aliphatic heterocycles. The average Bonchev–Trinajstić information content (AvgIpc) is 3.34. The van der Waals surface area contributed by atoms with Crippen LogP contribution in [0.4, 0.5) is 0 Å². The number of fused-ring (bicyclic) bond motifs is 1. The fourth-order valence-electron chi connectivity index (χ4n) is 4.68. The van der Waals surface area contributed by atoms with E-state index in [9.17, 15) is 0 Å². The predicted octanol–water partition coefficient (Wildman–Crippen LogP) is 4.43. The van der Waals surface area contributed by atoms with Crippen LogP contribution >= 0.6 is 11.8 Å². The third-order valence-corrected chi connectivity index (χ3v) is 7.42. The lowest BCUT2D eigenvalue weighted by molar-refractivity contribution is 0.186. The lowest BCUT2D eigenvalue weighted by Crippen LogP contribution is -2.35. The summed E-state index contributed by atoms with van der Waals surface area (Å²) in [5, 5.41) is 1.19. The zero-order valence-corrected chi connectivity index (χ0v) is 18.3. The molecular weight excluding hydrogens is 368 g/mol. The van der Waals surface area contributed by atoms with Crippen molar-refractivity contribution in [3.05, 3.63) is 52.6 Å². The van der Waals surface area contributed by atoms with Crippen molar-refractivity contribution >= 4 is 16.9 Å². The molecule has 0 N–H and O–H groups in total. The molecule has 1 fully saturated rings. The highest BCUT2D eigenvalue weighted by Gasteiger charge is 2.47. The van der Waals surface area contributed by atoms with Crippen molar-refractivity contribution in [3.63, 3.8) is 0 Å². The number of amidine groups is 1. The first-order chi connectivity index (χ1) is 13.6. The number of rotatable bonds is 6. The lowest BCUT2D eigenvalue weighted by atomic mass is 9.92. The summed E-state index contributed by atoms with van der Waals surface area (Å²) < 4.78 is 7.77. The fourth-order valence-corrected chi connectivity index (χ4v) is 6.02. The first-order valence-corrected chi connectivity index (χ1v) is 11.1. The van der Waals surface area contributed by atoms with Crippen LogP contribution in [0.25, 0.3) is 0 Å². The summed E-state index contributed by atoms with van der Waals surface area (Å²) in [6.07, 6.45) is 3.02. The van der Waals surface area contributed by atoms with Gasteiger partial charge in [0.25, 0.3) is 0 Å². The predicted molar refractivity (Wildman–Crippen MR) is 116 cm³/mol. The SMILES string of the molecule is CC[C@@H]1CSC2=N[C@@H](c3ccccn3)[C@@H](c3c(C)c(C)n(CCOC)c3C)N21. The van der Waals surface area contributed by atoms with Crippen molar-refractivity contribution < 1.29 is 4.74 Å². The number of pyridine rings is 1. The molecule has 150 valence electrons. The maximum atomic E-state index is 5.36. The van der Waals surface area contributed by atoms with Crippen LogP contribution in [0.3, 0.4) is 0 Å². The lowest BCUT2D eigenvalue weighted by Gasteiger charge is -2.32. The highest BCUT2D eigenvalue weighted by Crippen LogP contribution is 2.50. The van der Waals surface area contributed by atoms with E-state index in [4.69, 9.17) is 9.73 Å². The number of thioether (sulfide) groups is 1. The Morgan fingerprint density at radius 1 is 1.21 bits per heavy atom. The minimum absolute atomic E-state index is 0.0492. The number of hydrogen-bond acceptors (Lipinski definition) is 5. The third kappa shape index (κ3) is 3.07. The Hall–Kier alpha value is -1.79. The molecule has 2 aromatic heterocycles. The highest BCUT2D eigenvalue weighted by atomic mass is 32.2. The zero-order valence-electron chi connectivity index (χ0n) is 17.5. The molecule has 0 aromatic carbocycles. The molecule has 0 amide bonds. The van der Waals surface area contributed by atoms with E-state index in [1.165, 1.54) is 27.7 Å². The molecular formula is C22H30N4OS. The molecule has 0 radical (unpaired) electrons. The molecule has 4 rings (SSSR count). The summed E-state index contributed by atoms with van der Waals surface area (Å²) in [7, 11) is 1.77. The minimum atomic E-state index is 0.0492. The maximum Gasteiger partial charge on any atom is 0.160 e. The molecule has 4 heterocycles. The van der Waals surface area contributed by atoms with Gasteiger partial charge in [-0.2, -0.15) is 0 Å². The minimum Gasteiger partial charge on any atom is -0.383 e. The van der Waals surface area contributed by atoms with Gasteiger partial charge in [-0.1, -0.05) is 24.8 Å². The Morgan fingerprint density at radius 2 is 2.04 bits per heavy atom. The van der Waals surface area contributed by atoms with Crippen molar-refractivity contribution in [2.45, 2.75) is 58.8 Å². The molecule has 0 unspecified atom stereocenters. The van der Waals surface area contributed by atoms with E-state index in [0.717, 1.165) is 31.0 Å². The summed E-state index contributed by atoms with van der Waals surface area (Å²) >= 11 is 1.90. The van der Waals surface area contributed by atoms with Gasteiger partial charge in [0.15, 0.2) is 5.17 Å². The van der Waals surface area contributed by atoms with Gasteiger partial charge in [-0.05, 0) is 44.9 Å². The van der Waals surface area contributed by atoms with Crippen molar-refractivity contribution in [1.29, 1.82) is 0 Å². The van der Waals surface area contributed by atoms with Crippen LogP contribution in [0.1, 0.15) is 53.6 Å². The average molecular weight is 399 g/mol. The van der Waals surface area contributed by atoms with Gasteiger partial charge in [-0.3, -0.25) is 9.98 Å². The van der Waals surface area contributed by atoms with E-state index < -0.39 is 0 Å². The number of hydrogen-bond donors (Lipinski definition) is 0. The van der Waals surface area contributed by atoms with E-state index in [2.05, 4.69) is 54.3 Å². The molecule has 6 heteroatoms. The molecule has 0 aliphatic carbocycles. The Bertz CT molecular complexity index is 876. The summed E-state index contributed by atoms with van der Waals surface area (Å²) in [5.41, 5.74) is 6.52. The van der Waals surface area contributed by atoms with Crippen molar-refractivity contribution in [1.82, 2.24) is 14.5 Å². The van der Waals surface area contributed by atoms with Gasteiger partial charge in [-0.25, -0.2) is 0 Å². The van der Waals surface area contributed by atoms with E-state index in [0.29, 0.717) is 6.04 Å². The second-order valence-corrected chi connectivity index (χ2v) is 8.68. The molecule has 28 heavy (non-hydrogen) atoms. The number of aromatic nitrogens is 2. The smallest absolute Gasteiger partial charge is 0.160 e. The Kier molecular flexibility index (Phi) is 5.52. The summed E-state index contributed by atoms with van der Waals surface area (Å²) in [4.78, 5) is 12.4. The van der Waals surface area contributed by atoms with E-state index >= 15 is 0 Å². The largest absolute Gasteiger partial charge is 0.383 e. The highest BCUT2D eigenvalue weighted by molar-refractivity contribution is 8.14. The van der Waals surface area contributed by atoms with Gasteiger partial charge in [0.1, 0.15) is 6.04 Å². The van der Waals surface area contributed by atoms with Gasteiger partial charge in [0.05, 0.1) is 18.3 Å². The molecule has 0 saturated carbocycles. The quantitative estimate of drug-likeness (QED) is 0.722. The van der Waals surface area contributed by atoms with Gasteiger partial charge >= 0.3 is 0 Å². The normalized spacial score (nSPS) is 24.0. The standard InChI is InChI=1S/C22H30N4OS/c1-6-17-13-28-22-24-20(18-9-7-8-10-23-18)21(26(17)22)19-14(2)15(3)25(16(19)4)11-12-27-5/h7-10,17,20-21H,6,11-13H2,1-5H3/t17-,20+,21-/m1/s1. The first-order valence-electron chi connectivity index (χ1n) is 10.1. The number of nitrogens with zero attached hydrogens (tertiary/aromatic N) is 4. The van der Waals surface area contributed by atoms with Crippen LogP contribution < -0.4 is 0 Å². The number of aliphatic imine (C=N–C) groups is 1. The second kappa shape index (κ2) is 7.91. The van der Waals surface area contributed by atoms with Crippen LogP contribution in [0.15, 0.2) is 29.4 Å². The van der Waals surface area contributed by atoms with Crippen LogP contribution in [-0.4, -0.2) is 45.1 Å². The van der Waals surface area contributed by atoms with Crippen LogP contribution in [0, 0.1) is 20.8 Å². The van der Waals surface area contributed by atoms with E-state index in [1.807, 2.05) is 24.0 Å². The molecule has 1 saturated heterocycles. The summed E-state index contributed by atoms with van der Waals surface area (Å²) in [6, 6.07) is 6.97. The molecule has 2 aliphatic rings. The Labute approximate surface area is 172 Å². The molecule has 5 nitrogen and oxygen atoms in total. The molecule has 3 atom stereocenters. The maximum absolute atomic E-state index is 5.36. The summed E-state index contributed by atoms with van der Waals surface area (Å²) in [5.74, 6) is 1.13. The van der Waals surface area contributed by atoms with E-state index in [1.54, 1.807) is 7.11 Å². The second-order valence-electron chi connectivity index (χ2n) is 7.69. The van der Waals surface area contributed by atoms with Crippen molar-refractivity contribution in [2.75, 3.05) is 19.5 Å². The van der Waals surface area contributed by atoms with Gasteiger partial charge < -0.3 is 14.2 Å². The summed E-state index contributed by atoms with van der Waals surface area (Å²) in [6.45, 7) is 10.6. The van der Waals surface area contributed by atoms with Gasteiger partial charge in [0.2, 0.25) is 0 Å². The molecule has 0 spiro atoms. The molecule has 2 aromatic rings. The Balaban J connectivity index is 1.83. The third-order valence-electron chi connectivity index (χ3n) is 6.29.